The normalized spacial score (nSPS) is 16.0. The summed E-state index contributed by atoms with van der Waals surface area (Å²) in [5.41, 5.74) is 11.2. The van der Waals surface area contributed by atoms with Crippen LogP contribution in [0.15, 0.2) is 97.1 Å². The Labute approximate surface area is 286 Å². The van der Waals surface area contributed by atoms with Crippen molar-refractivity contribution in [2.45, 2.75) is 95.8 Å². The van der Waals surface area contributed by atoms with E-state index in [1.165, 1.54) is 75.3 Å². The molecule has 7 rings (SSSR count). The van der Waals surface area contributed by atoms with Gasteiger partial charge in [-0.25, -0.2) is 0 Å². The van der Waals surface area contributed by atoms with Crippen LogP contribution in [0.5, 0.6) is 17.2 Å². The van der Waals surface area contributed by atoms with Gasteiger partial charge < -0.3 is 15.3 Å². The lowest BCUT2D eigenvalue weighted by Crippen LogP contribution is -2.09. The lowest BCUT2D eigenvalue weighted by molar-refractivity contribution is 0.443. The second-order valence-corrected chi connectivity index (χ2v) is 14.3. The summed E-state index contributed by atoms with van der Waals surface area (Å²) in [5, 5.41) is 34.1. The molecule has 0 aliphatic heterocycles. The average molecular weight is 637 g/mol. The van der Waals surface area contributed by atoms with Crippen molar-refractivity contribution in [3.8, 4) is 39.5 Å². The first-order valence-electron chi connectivity index (χ1n) is 18.0. The molecule has 0 amide bonds. The largest absolute Gasteiger partial charge is 0.508 e. The van der Waals surface area contributed by atoms with E-state index in [9.17, 15) is 15.3 Å². The third-order valence-electron chi connectivity index (χ3n) is 11.3. The van der Waals surface area contributed by atoms with E-state index >= 15 is 0 Å². The van der Waals surface area contributed by atoms with Crippen LogP contribution in [0.1, 0.15) is 121 Å². The van der Waals surface area contributed by atoms with Crippen LogP contribution in [-0.2, 0) is 0 Å². The number of hydrogen-bond donors (Lipinski definition) is 3. The van der Waals surface area contributed by atoms with Gasteiger partial charge in [-0.15, -0.1) is 0 Å². The van der Waals surface area contributed by atoms with E-state index in [4.69, 9.17) is 0 Å². The van der Waals surface area contributed by atoms with Gasteiger partial charge in [0.15, 0.2) is 0 Å². The highest BCUT2D eigenvalue weighted by atomic mass is 16.3. The zero-order valence-electron chi connectivity index (χ0n) is 28.4. The number of para-hydroxylation sites is 1. The zero-order valence-corrected chi connectivity index (χ0v) is 28.4. The molecule has 0 unspecified atom stereocenters. The highest BCUT2D eigenvalue weighted by Crippen LogP contribution is 2.47. The molecule has 0 bridgehead atoms. The smallest absolute Gasteiger partial charge is 0.123 e. The summed E-state index contributed by atoms with van der Waals surface area (Å²) in [4.78, 5) is 0. The van der Waals surface area contributed by atoms with Crippen LogP contribution in [-0.4, -0.2) is 15.3 Å². The summed E-state index contributed by atoms with van der Waals surface area (Å²) in [6.45, 7) is 4.18. The Balaban J connectivity index is 1.37. The maximum Gasteiger partial charge on any atom is 0.123 e. The van der Waals surface area contributed by atoms with Gasteiger partial charge >= 0.3 is 0 Å². The average Bonchev–Trinajstić information content (AvgIpc) is 3.12. The fourth-order valence-corrected chi connectivity index (χ4v) is 8.78. The highest BCUT2D eigenvalue weighted by Gasteiger charge is 2.28. The van der Waals surface area contributed by atoms with Crippen LogP contribution in [0.2, 0.25) is 0 Å². The van der Waals surface area contributed by atoms with Crippen molar-refractivity contribution in [1.29, 1.82) is 0 Å². The van der Waals surface area contributed by atoms with Gasteiger partial charge in [-0.1, -0.05) is 117 Å². The predicted molar refractivity (Wildman–Crippen MR) is 197 cm³/mol. The molecule has 0 spiro atoms. The Morgan fingerprint density at radius 3 is 1.38 bits per heavy atom. The molecule has 3 N–H and O–H groups in total. The molecular weight excluding hydrogens is 588 g/mol. The highest BCUT2D eigenvalue weighted by molar-refractivity contribution is 5.79. The van der Waals surface area contributed by atoms with Crippen molar-refractivity contribution >= 4 is 0 Å². The Morgan fingerprint density at radius 2 is 0.917 bits per heavy atom. The summed E-state index contributed by atoms with van der Waals surface area (Å²) < 4.78 is 0. The van der Waals surface area contributed by atoms with Crippen molar-refractivity contribution in [3.05, 3.63) is 136 Å². The molecule has 2 aliphatic rings. The second-order valence-electron chi connectivity index (χ2n) is 14.3. The van der Waals surface area contributed by atoms with Gasteiger partial charge in [0.1, 0.15) is 17.2 Å². The van der Waals surface area contributed by atoms with E-state index in [0.717, 1.165) is 50.1 Å². The summed E-state index contributed by atoms with van der Waals surface area (Å²) in [5.74, 6) is 1.55. The van der Waals surface area contributed by atoms with Crippen LogP contribution < -0.4 is 0 Å². The van der Waals surface area contributed by atoms with Gasteiger partial charge in [-0.3, -0.25) is 0 Å². The quantitative estimate of drug-likeness (QED) is 0.156. The summed E-state index contributed by atoms with van der Waals surface area (Å²) in [7, 11) is 0. The van der Waals surface area contributed by atoms with Gasteiger partial charge in [0, 0.05) is 22.6 Å². The second kappa shape index (κ2) is 13.9. The molecular formula is C45H48O3. The minimum absolute atomic E-state index is 0.226. The van der Waals surface area contributed by atoms with E-state index in [2.05, 4.69) is 62.4 Å². The summed E-state index contributed by atoms with van der Waals surface area (Å²) in [6, 6.07) is 32.7. The van der Waals surface area contributed by atoms with Gasteiger partial charge in [0.2, 0.25) is 0 Å². The topological polar surface area (TPSA) is 60.7 Å². The molecule has 0 atom stereocenters. The monoisotopic (exact) mass is 636 g/mol. The van der Waals surface area contributed by atoms with Crippen LogP contribution in [0.25, 0.3) is 22.3 Å². The number of benzene rings is 5. The number of phenolic OH excluding ortho intramolecular Hbond substituents is 3. The SMILES string of the molecule is Cc1c(C(c2ccccc2O)c2ccc(O)c(-c3cccc(C4CCCCC4)c3)c2C)ccc(O)c1-c1cccc(C2CCCCC2)c1. The minimum atomic E-state index is -0.326. The Hall–Kier alpha value is -4.50. The Morgan fingerprint density at radius 1 is 0.458 bits per heavy atom. The van der Waals surface area contributed by atoms with E-state index in [1.807, 2.05) is 42.5 Å². The maximum absolute atomic E-state index is 11.4. The van der Waals surface area contributed by atoms with E-state index in [1.54, 1.807) is 6.07 Å². The molecule has 3 heteroatoms. The van der Waals surface area contributed by atoms with Crippen LogP contribution in [0.3, 0.4) is 0 Å². The van der Waals surface area contributed by atoms with Crippen molar-refractivity contribution in [3.63, 3.8) is 0 Å². The van der Waals surface area contributed by atoms with Crippen LogP contribution in [0.4, 0.5) is 0 Å². The molecule has 246 valence electrons. The van der Waals surface area contributed by atoms with Crippen molar-refractivity contribution < 1.29 is 15.3 Å². The predicted octanol–water partition coefficient (Wildman–Crippen LogP) is 12.0. The number of hydrogen-bond acceptors (Lipinski definition) is 3. The van der Waals surface area contributed by atoms with E-state index in [-0.39, 0.29) is 23.2 Å². The Bertz CT molecular complexity index is 1790. The molecule has 5 aromatic rings. The Kier molecular flexibility index (Phi) is 9.30. The zero-order chi connectivity index (χ0) is 33.2. The third kappa shape index (κ3) is 6.23. The van der Waals surface area contributed by atoms with Gasteiger partial charge in [0.05, 0.1) is 0 Å². The van der Waals surface area contributed by atoms with E-state index < -0.39 is 0 Å². The molecule has 0 heterocycles. The van der Waals surface area contributed by atoms with Crippen molar-refractivity contribution in [1.82, 2.24) is 0 Å². The molecule has 2 fully saturated rings. The maximum atomic E-state index is 11.4. The first-order valence-corrected chi connectivity index (χ1v) is 18.0. The number of rotatable bonds is 7. The molecule has 5 aromatic carbocycles. The molecule has 0 saturated heterocycles. The fraction of sp³-hybridized carbons (Fsp3) is 0.333. The molecule has 2 saturated carbocycles. The van der Waals surface area contributed by atoms with Gasteiger partial charge in [-0.05, 0) is 114 Å². The molecule has 0 radical (unpaired) electrons. The van der Waals surface area contributed by atoms with Crippen LogP contribution in [0, 0.1) is 13.8 Å². The first kappa shape index (κ1) is 32.1. The lowest BCUT2D eigenvalue weighted by atomic mass is 9.77. The minimum Gasteiger partial charge on any atom is -0.508 e. The standard InChI is InChI=1S/C45H48O3/c1-29-37(23-25-41(47)43(29)35-19-11-17-33(27-35)31-13-5-3-6-14-31)45(39-21-9-10-22-40(39)46)38-24-26-42(48)44(30(38)2)36-20-12-18-34(28-36)32-15-7-4-8-16-32/h9-12,17-28,31-32,45-48H,3-8,13-16H2,1-2H3. The van der Waals surface area contributed by atoms with Gasteiger partial charge in [-0.2, -0.15) is 0 Å². The third-order valence-corrected chi connectivity index (χ3v) is 11.3. The first-order chi connectivity index (χ1) is 23.4. The van der Waals surface area contributed by atoms with Crippen molar-refractivity contribution in [2.75, 3.05) is 0 Å². The molecule has 2 aliphatic carbocycles. The van der Waals surface area contributed by atoms with Gasteiger partial charge in [0.25, 0.3) is 0 Å². The summed E-state index contributed by atoms with van der Waals surface area (Å²) in [6.07, 6.45) is 12.6. The number of aromatic hydroxyl groups is 3. The molecule has 48 heavy (non-hydrogen) atoms. The lowest BCUT2D eigenvalue weighted by Gasteiger charge is -2.27. The van der Waals surface area contributed by atoms with Crippen molar-refractivity contribution in [2.24, 2.45) is 0 Å². The fourth-order valence-electron chi connectivity index (χ4n) is 8.78. The molecule has 3 nitrogen and oxygen atoms in total. The number of phenols is 3. The van der Waals surface area contributed by atoms with Crippen LogP contribution >= 0.6 is 0 Å². The molecule has 0 aromatic heterocycles. The van der Waals surface area contributed by atoms with E-state index in [0.29, 0.717) is 11.8 Å². The summed E-state index contributed by atoms with van der Waals surface area (Å²) >= 11 is 0.